The molecule has 102 valence electrons. The summed E-state index contributed by atoms with van der Waals surface area (Å²) in [6, 6.07) is 4.67. The van der Waals surface area contributed by atoms with E-state index in [0.717, 1.165) is 5.56 Å². The lowest BCUT2D eigenvalue weighted by Gasteiger charge is -2.13. The van der Waals surface area contributed by atoms with Crippen LogP contribution in [0.25, 0.3) is 0 Å². The van der Waals surface area contributed by atoms with E-state index in [4.69, 9.17) is 26.8 Å². The zero-order valence-electron chi connectivity index (χ0n) is 10.5. The molecule has 0 aliphatic rings. The third-order valence-corrected chi connectivity index (χ3v) is 3.00. The van der Waals surface area contributed by atoms with Crippen LogP contribution in [0.3, 0.4) is 0 Å². The van der Waals surface area contributed by atoms with Crippen LogP contribution in [0.5, 0.6) is 0 Å². The molecule has 1 aromatic carbocycles. The lowest BCUT2D eigenvalue weighted by atomic mass is 10.0. The van der Waals surface area contributed by atoms with Gasteiger partial charge in [0.2, 0.25) is 0 Å². The summed E-state index contributed by atoms with van der Waals surface area (Å²) in [7, 11) is 1.63. The summed E-state index contributed by atoms with van der Waals surface area (Å²) in [6.07, 6.45) is 1.25. The maximum absolute atomic E-state index is 13.2. The molecule has 2 N–H and O–H groups in total. The van der Waals surface area contributed by atoms with Crippen LogP contribution >= 0.6 is 11.6 Å². The van der Waals surface area contributed by atoms with Crippen molar-refractivity contribution < 1.29 is 13.9 Å². The molecule has 0 aliphatic heterocycles. The average Bonchev–Trinajstić information content (AvgIpc) is 2.35. The minimum atomic E-state index is -0.405. The van der Waals surface area contributed by atoms with Gasteiger partial charge in [0.05, 0.1) is 18.2 Å². The fourth-order valence-corrected chi connectivity index (χ4v) is 1.77. The van der Waals surface area contributed by atoms with Crippen molar-refractivity contribution in [3.8, 4) is 0 Å². The van der Waals surface area contributed by atoms with E-state index < -0.39 is 5.82 Å². The zero-order valence-corrected chi connectivity index (χ0v) is 11.3. The predicted molar refractivity (Wildman–Crippen MR) is 70.4 cm³/mol. The molecule has 3 nitrogen and oxygen atoms in total. The molecule has 5 heteroatoms. The van der Waals surface area contributed by atoms with Gasteiger partial charge in [0.15, 0.2) is 0 Å². The van der Waals surface area contributed by atoms with Crippen LogP contribution in [-0.4, -0.2) is 33.0 Å². The third kappa shape index (κ3) is 5.31. The van der Waals surface area contributed by atoms with E-state index in [1.165, 1.54) is 6.07 Å². The summed E-state index contributed by atoms with van der Waals surface area (Å²) in [5, 5.41) is 0.160. The van der Waals surface area contributed by atoms with Crippen LogP contribution < -0.4 is 5.73 Å². The molecule has 0 bridgehead atoms. The standard InChI is InChI=1S/C13H19ClFNO2/c1-17-7-8-18-6-5-11(16)9-10-3-2-4-12(15)13(10)14/h2-4,11H,5-9,16H2,1H3. The summed E-state index contributed by atoms with van der Waals surface area (Å²) in [5.74, 6) is -0.405. The Morgan fingerprint density at radius 1 is 1.33 bits per heavy atom. The number of methoxy groups -OCH3 is 1. The first kappa shape index (κ1) is 15.4. The molecular formula is C13H19ClFNO2. The van der Waals surface area contributed by atoms with E-state index in [0.29, 0.717) is 32.7 Å². The van der Waals surface area contributed by atoms with Crippen molar-refractivity contribution in [3.05, 3.63) is 34.6 Å². The van der Waals surface area contributed by atoms with Crippen LogP contribution in [0, 0.1) is 5.82 Å². The highest BCUT2D eigenvalue weighted by Gasteiger charge is 2.10. The van der Waals surface area contributed by atoms with Gasteiger partial charge in [0.1, 0.15) is 5.82 Å². The maximum Gasteiger partial charge on any atom is 0.142 e. The van der Waals surface area contributed by atoms with E-state index in [9.17, 15) is 4.39 Å². The lowest BCUT2D eigenvalue weighted by Crippen LogP contribution is -2.25. The van der Waals surface area contributed by atoms with Crippen LogP contribution in [0.15, 0.2) is 18.2 Å². The lowest BCUT2D eigenvalue weighted by molar-refractivity contribution is 0.0672. The van der Waals surface area contributed by atoms with Crippen molar-refractivity contribution in [2.24, 2.45) is 5.73 Å². The van der Waals surface area contributed by atoms with Crippen molar-refractivity contribution in [1.29, 1.82) is 0 Å². The van der Waals surface area contributed by atoms with Crippen LogP contribution in [0.2, 0.25) is 5.02 Å². The Hall–Kier alpha value is -0.680. The topological polar surface area (TPSA) is 44.5 Å². The van der Waals surface area contributed by atoms with E-state index in [1.54, 1.807) is 19.2 Å². The van der Waals surface area contributed by atoms with Gasteiger partial charge in [-0.05, 0) is 24.5 Å². The average molecular weight is 276 g/mol. The van der Waals surface area contributed by atoms with E-state index in [-0.39, 0.29) is 11.1 Å². The number of halogens is 2. The Morgan fingerprint density at radius 3 is 2.83 bits per heavy atom. The SMILES string of the molecule is COCCOCCC(N)Cc1cccc(F)c1Cl. The van der Waals surface area contributed by atoms with Crippen LogP contribution in [0.4, 0.5) is 4.39 Å². The van der Waals surface area contributed by atoms with E-state index in [2.05, 4.69) is 0 Å². The fraction of sp³-hybridized carbons (Fsp3) is 0.538. The Balaban J connectivity index is 2.31. The van der Waals surface area contributed by atoms with Gasteiger partial charge < -0.3 is 15.2 Å². The number of nitrogens with two attached hydrogens (primary N) is 1. The highest BCUT2D eigenvalue weighted by molar-refractivity contribution is 6.31. The highest BCUT2D eigenvalue weighted by atomic mass is 35.5. The number of hydrogen-bond acceptors (Lipinski definition) is 3. The molecule has 0 amide bonds. The number of rotatable bonds is 8. The first-order valence-corrected chi connectivity index (χ1v) is 6.28. The summed E-state index contributed by atoms with van der Waals surface area (Å²) >= 11 is 5.86. The zero-order chi connectivity index (χ0) is 13.4. The van der Waals surface area contributed by atoms with Crippen molar-refractivity contribution in [2.45, 2.75) is 18.9 Å². The Morgan fingerprint density at radius 2 is 2.11 bits per heavy atom. The Bertz CT molecular complexity index is 363. The van der Waals surface area contributed by atoms with Gasteiger partial charge in [-0.3, -0.25) is 0 Å². The minimum Gasteiger partial charge on any atom is -0.382 e. The summed E-state index contributed by atoms with van der Waals surface area (Å²) in [6.45, 7) is 1.70. The Kier molecular flexibility index (Phi) is 7.20. The molecular weight excluding hydrogens is 257 g/mol. The second-order valence-electron chi connectivity index (χ2n) is 4.07. The van der Waals surface area contributed by atoms with Gasteiger partial charge in [-0.2, -0.15) is 0 Å². The van der Waals surface area contributed by atoms with Crippen molar-refractivity contribution in [2.75, 3.05) is 26.9 Å². The summed E-state index contributed by atoms with van der Waals surface area (Å²) in [4.78, 5) is 0. The van der Waals surface area contributed by atoms with Gasteiger partial charge in [-0.25, -0.2) is 4.39 Å². The first-order chi connectivity index (χ1) is 8.65. The molecule has 1 unspecified atom stereocenters. The quantitative estimate of drug-likeness (QED) is 0.741. The second-order valence-corrected chi connectivity index (χ2v) is 4.45. The monoisotopic (exact) mass is 275 g/mol. The van der Waals surface area contributed by atoms with Crippen LogP contribution in [0.1, 0.15) is 12.0 Å². The van der Waals surface area contributed by atoms with Crippen molar-refractivity contribution in [1.82, 2.24) is 0 Å². The number of hydrogen-bond donors (Lipinski definition) is 1. The summed E-state index contributed by atoms with van der Waals surface area (Å²) < 4.78 is 23.4. The molecule has 0 radical (unpaired) electrons. The normalized spacial score (nSPS) is 12.7. The van der Waals surface area contributed by atoms with Gasteiger partial charge in [0, 0.05) is 19.8 Å². The fourth-order valence-electron chi connectivity index (χ4n) is 1.57. The molecule has 0 fully saturated rings. The molecule has 1 atom stereocenters. The predicted octanol–water partition coefficient (Wildman–Crippen LogP) is 2.40. The van der Waals surface area contributed by atoms with Crippen LogP contribution in [-0.2, 0) is 15.9 Å². The highest BCUT2D eigenvalue weighted by Crippen LogP contribution is 2.21. The Labute approximate surface area is 112 Å². The largest absolute Gasteiger partial charge is 0.382 e. The molecule has 0 aliphatic carbocycles. The molecule has 18 heavy (non-hydrogen) atoms. The molecule has 1 rings (SSSR count). The molecule has 1 aromatic rings. The van der Waals surface area contributed by atoms with Gasteiger partial charge in [-0.1, -0.05) is 23.7 Å². The molecule has 0 saturated heterocycles. The maximum atomic E-state index is 13.2. The summed E-state index contributed by atoms with van der Waals surface area (Å²) in [5.41, 5.74) is 6.68. The molecule has 0 aromatic heterocycles. The second kappa shape index (κ2) is 8.43. The molecule has 0 spiro atoms. The number of ether oxygens (including phenoxy) is 2. The molecule has 0 heterocycles. The van der Waals surface area contributed by atoms with E-state index >= 15 is 0 Å². The van der Waals surface area contributed by atoms with Crippen molar-refractivity contribution >= 4 is 11.6 Å². The third-order valence-electron chi connectivity index (χ3n) is 2.58. The molecule has 0 saturated carbocycles. The van der Waals surface area contributed by atoms with E-state index in [1.807, 2.05) is 0 Å². The van der Waals surface area contributed by atoms with Gasteiger partial charge in [0.25, 0.3) is 0 Å². The number of benzene rings is 1. The minimum absolute atomic E-state index is 0.0909. The van der Waals surface area contributed by atoms with Gasteiger partial charge in [-0.15, -0.1) is 0 Å². The smallest absolute Gasteiger partial charge is 0.142 e. The van der Waals surface area contributed by atoms with Gasteiger partial charge >= 0.3 is 0 Å². The van der Waals surface area contributed by atoms with Crippen molar-refractivity contribution in [3.63, 3.8) is 0 Å². The first-order valence-electron chi connectivity index (χ1n) is 5.90.